The fourth-order valence-corrected chi connectivity index (χ4v) is 1.98. The van der Waals surface area contributed by atoms with Crippen LogP contribution in [0.4, 0.5) is 0 Å². The summed E-state index contributed by atoms with van der Waals surface area (Å²) >= 11 is 0. The predicted octanol–water partition coefficient (Wildman–Crippen LogP) is -0.0690. The number of isocyanates is 2. The number of rotatable bonds is 6. The first-order valence-electron chi connectivity index (χ1n) is 6.29. The van der Waals surface area contributed by atoms with Crippen LogP contribution < -0.4 is 0 Å². The van der Waals surface area contributed by atoms with Crippen molar-refractivity contribution in [2.45, 2.75) is 56.6 Å². The molecule has 0 amide bonds. The fourth-order valence-electron chi connectivity index (χ4n) is 1.98. The Balaban J connectivity index is 2.60. The van der Waals surface area contributed by atoms with E-state index in [4.69, 9.17) is 4.74 Å². The number of carbonyl (C=O) groups excluding carboxylic acids is 3. The maximum absolute atomic E-state index is 11.3. The van der Waals surface area contributed by atoms with E-state index >= 15 is 0 Å². The topological polar surface area (TPSA) is 126 Å². The predicted molar refractivity (Wildman–Crippen MR) is 64.8 cm³/mol. The summed E-state index contributed by atoms with van der Waals surface area (Å²) in [4.78, 5) is 37.6. The summed E-state index contributed by atoms with van der Waals surface area (Å²) < 4.78 is 5.07. The molecule has 8 nitrogen and oxygen atoms in total. The lowest BCUT2D eigenvalue weighted by molar-refractivity contribution is -0.154. The maximum atomic E-state index is 11.3. The molecule has 1 saturated heterocycles. The molecule has 8 heteroatoms. The van der Waals surface area contributed by atoms with Crippen LogP contribution in [0.15, 0.2) is 9.98 Å². The monoisotopic (exact) mass is 284 g/mol. The summed E-state index contributed by atoms with van der Waals surface area (Å²) in [5.74, 6) is -2.65. The molecule has 20 heavy (non-hydrogen) atoms. The van der Waals surface area contributed by atoms with Gasteiger partial charge in [-0.3, -0.25) is 4.79 Å². The van der Waals surface area contributed by atoms with Crippen molar-refractivity contribution in [2.24, 2.45) is 9.98 Å². The van der Waals surface area contributed by atoms with Crippen molar-refractivity contribution in [1.29, 1.82) is 0 Å². The molecule has 1 aliphatic heterocycles. The molecule has 2 unspecified atom stereocenters. The first-order valence-corrected chi connectivity index (χ1v) is 6.29. The molecule has 0 aromatic rings. The van der Waals surface area contributed by atoms with Crippen molar-refractivity contribution in [2.75, 3.05) is 0 Å². The van der Waals surface area contributed by atoms with Crippen LogP contribution in [0.3, 0.4) is 0 Å². The Hall–Kier alpha value is -1.85. The second-order valence-electron chi connectivity index (χ2n) is 4.56. The quantitative estimate of drug-likeness (QED) is 0.399. The van der Waals surface area contributed by atoms with Gasteiger partial charge in [-0.15, -0.1) is 9.98 Å². The minimum atomic E-state index is -2.28. The van der Waals surface area contributed by atoms with Gasteiger partial charge in [0.2, 0.25) is 12.2 Å². The van der Waals surface area contributed by atoms with Gasteiger partial charge < -0.3 is 14.9 Å². The Labute approximate surface area is 115 Å². The highest BCUT2D eigenvalue weighted by molar-refractivity contribution is 5.69. The van der Waals surface area contributed by atoms with Gasteiger partial charge in [0, 0.05) is 12.8 Å². The van der Waals surface area contributed by atoms with Gasteiger partial charge in [0.1, 0.15) is 6.10 Å². The lowest BCUT2D eigenvalue weighted by Crippen LogP contribution is -2.33. The zero-order valence-electron chi connectivity index (χ0n) is 10.8. The van der Waals surface area contributed by atoms with Crippen molar-refractivity contribution in [3.63, 3.8) is 0 Å². The van der Waals surface area contributed by atoms with Crippen LogP contribution in [-0.4, -0.2) is 46.4 Å². The van der Waals surface area contributed by atoms with Gasteiger partial charge in [-0.05, 0) is 25.7 Å². The lowest BCUT2D eigenvalue weighted by atomic mass is 10.0. The largest absolute Gasteiger partial charge is 0.460 e. The van der Waals surface area contributed by atoms with Crippen LogP contribution in [0.2, 0.25) is 0 Å². The van der Waals surface area contributed by atoms with Gasteiger partial charge >= 0.3 is 5.97 Å². The highest BCUT2D eigenvalue weighted by Crippen LogP contribution is 2.23. The number of carbonyl (C=O) groups is 1. The number of hydrogen-bond acceptors (Lipinski definition) is 8. The standard InChI is InChI=1S/C12H16N2O6/c15-7-13-12(19,14-8-16)6-5-9(17)10-3-1-2-4-11(18)20-10/h9-10,17,19H,1-6H2. The van der Waals surface area contributed by atoms with E-state index in [0.29, 0.717) is 19.3 Å². The highest BCUT2D eigenvalue weighted by Gasteiger charge is 2.31. The van der Waals surface area contributed by atoms with Crippen LogP contribution in [0.5, 0.6) is 0 Å². The first kappa shape index (κ1) is 16.2. The third-order valence-electron chi connectivity index (χ3n) is 3.06. The molecule has 1 heterocycles. The van der Waals surface area contributed by atoms with Gasteiger partial charge in [0.05, 0.1) is 6.10 Å². The smallest absolute Gasteiger partial charge is 0.306 e. The lowest BCUT2D eigenvalue weighted by Gasteiger charge is -2.23. The van der Waals surface area contributed by atoms with Gasteiger partial charge in [-0.1, -0.05) is 0 Å². The number of ether oxygens (including phenoxy) is 1. The number of aliphatic imine (C=N–C) groups is 2. The summed E-state index contributed by atoms with van der Waals surface area (Å²) in [7, 11) is 0. The molecule has 1 rings (SSSR count). The Morgan fingerprint density at radius 2 is 2.00 bits per heavy atom. The van der Waals surface area contributed by atoms with Crippen molar-refractivity contribution in [3.05, 3.63) is 0 Å². The molecule has 1 fully saturated rings. The van der Waals surface area contributed by atoms with Gasteiger partial charge in [-0.2, -0.15) is 0 Å². The molecule has 110 valence electrons. The third-order valence-corrected chi connectivity index (χ3v) is 3.06. The van der Waals surface area contributed by atoms with E-state index in [-0.39, 0.29) is 18.8 Å². The summed E-state index contributed by atoms with van der Waals surface area (Å²) in [6.45, 7) is 0. The SMILES string of the molecule is O=C=NC(O)(CCC(O)C1CCCCC(=O)O1)N=C=O. The molecule has 0 aliphatic carbocycles. The molecule has 0 spiro atoms. The van der Waals surface area contributed by atoms with Crippen LogP contribution >= 0.6 is 0 Å². The number of nitrogens with zero attached hydrogens (tertiary/aromatic N) is 2. The third kappa shape index (κ3) is 5.03. The Bertz CT molecular complexity index is 421. The number of aliphatic hydroxyl groups is 2. The first-order chi connectivity index (χ1) is 9.50. The molecule has 0 radical (unpaired) electrons. The molecule has 0 bridgehead atoms. The van der Waals surface area contributed by atoms with Crippen LogP contribution in [0, 0.1) is 0 Å². The molecular formula is C12H16N2O6. The van der Waals surface area contributed by atoms with E-state index in [1.807, 2.05) is 0 Å². The van der Waals surface area contributed by atoms with E-state index in [9.17, 15) is 24.6 Å². The van der Waals surface area contributed by atoms with Crippen molar-refractivity contribution >= 4 is 18.1 Å². The van der Waals surface area contributed by atoms with Gasteiger partial charge in [0.25, 0.3) is 5.85 Å². The van der Waals surface area contributed by atoms with Crippen molar-refractivity contribution in [3.8, 4) is 0 Å². The average Bonchev–Trinajstić information content (AvgIpc) is 2.61. The van der Waals surface area contributed by atoms with Crippen molar-refractivity contribution in [1.82, 2.24) is 0 Å². The van der Waals surface area contributed by atoms with Gasteiger partial charge in [0.15, 0.2) is 0 Å². The van der Waals surface area contributed by atoms with Crippen LogP contribution in [0.1, 0.15) is 38.5 Å². The zero-order chi connectivity index (χ0) is 15.0. The Kier molecular flexibility index (Phi) is 6.21. The van der Waals surface area contributed by atoms with E-state index in [1.54, 1.807) is 0 Å². The molecular weight excluding hydrogens is 268 g/mol. The second-order valence-corrected chi connectivity index (χ2v) is 4.56. The molecule has 2 atom stereocenters. The number of hydrogen-bond donors (Lipinski definition) is 2. The highest BCUT2D eigenvalue weighted by atomic mass is 16.6. The zero-order valence-corrected chi connectivity index (χ0v) is 10.8. The molecule has 0 saturated carbocycles. The minimum absolute atomic E-state index is 0.0508. The number of cyclic esters (lactones) is 1. The minimum Gasteiger partial charge on any atom is -0.460 e. The Morgan fingerprint density at radius 1 is 1.35 bits per heavy atom. The molecule has 0 aromatic carbocycles. The summed E-state index contributed by atoms with van der Waals surface area (Å²) in [6.07, 6.45) is 2.44. The fraction of sp³-hybridized carbons (Fsp3) is 0.750. The van der Waals surface area contributed by atoms with Crippen LogP contribution in [-0.2, 0) is 19.1 Å². The van der Waals surface area contributed by atoms with Crippen molar-refractivity contribution < 1.29 is 29.3 Å². The molecule has 0 aromatic heterocycles. The summed E-state index contributed by atoms with van der Waals surface area (Å²) in [6, 6.07) is 0. The Morgan fingerprint density at radius 3 is 2.60 bits per heavy atom. The number of aliphatic hydroxyl groups excluding tert-OH is 1. The van der Waals surface area contributed by atoms with Gasteiger partial charge in [-0.25, -0.2) is 9.59 Å². The van der Waals surface area contributed by atoms with E-state index in [2.05, 4.69) is 9.98 Å². The summed E-state index contributed by atoms with van der Waals surface area (Å²) in [5, 5.41) is 19.6. The van der Waals surface area contributed by atoms with E-state index in [0.717, 1.165) is 18.6 Å². The maximum Gasteiger partial charge on any atom is 0.306 e. The average molecular weight is 284 g/mol. The normalized spacial score (nSPS) is 23.3. The summed E-state index contributed by atoms with van der Waals surface area (Å²) in [5.41, 5.74) is 0. The van der Waals surface area contributed by atoms with Crippen LogP contribution in [0.25, 0.3) is 0 Å². The van der Waals surface area contributed by atoms with E-state index in [1.165, 1.54) is 0 Å². The molecule has 1 aliphatic rings. The second kappa shape index (κ2) is 7.67. The van der Waals surface area contributed by atoms with E-state index < -0.39 is 18.1 Å². The molecule has 2 N–H and O–H groups in total. The number of esters is 1.